The van der Waals surface area contributed by atoms with Gasteiger partial charge in [-0.15, -0.1) is 12.4 Å². The normalized spacial score (nSPS) is 17.2. The van der Waals surface area contributed by atoms with Crippen LogP contribution in [-0.2, 0) is 16.0 Å². The van der Waals surface area contributed by atoms with Gasteiger partial charge in [0.25, 0.3) is 0 Å². The Morgan fingerprint density at radius 1 is 1.14 bits per heavy atom. The van der Waals surface area contributed by atoms with E-state index >= 15 is 0 Å². The quantitative estimate of drug-likeness (QED) is 0.731. The molecule has 0 radical (unpaired) electrons. The summed E-state index contributed by atoms with van der Waals surface area (Å²) in [4.78, 5) is 23.5. The first-order valence-electron chi connectivity index (χ1n) is 7.57. The second-order valence-electron chi connectivity index (χ2n) is 5.31. The Bertz CT molecular complexity index is 462. The third-order valence-corrected chi connectivity index (χ3v) is 3.63. The zero-order chi connectivity index (χ0) is 14.9. The number of hydrogen-bond donors (Lipinski definition) is 3. The zero-order valence-corrected chi connectivity index (χ0v) is 13.5. The molecule has 5 nitrogen and oxygen atoms in total. The highest BCUT2D eigenvalue weighted by Gasteiger charge is 2.20. The van der Waals surface area contributed by atoms with Crippen molar-refractivity contribution in [1.82, 2.24) is 16.0 Å². The van der Waals surface area contributed by atoms with E-state index in [0.717, 1.165) is 32.2 Å². The second kappa shape index (κ2) is 10.2. The minimum atomic E-state index is -0.143. The highest BCUT2D eigenvalue weighted by atomic mass is 35.5. The number of carbonyl (C=O) groups excluding carboxylic acids is 2. The van der Waals surface area contributed by atoms with E-state index in [1.165, 1.54) is 5.56 Å². The van der Waals surface area contributed by atoms with Crippen LogP contribution in [0.2, 0.25) is 0 Å². The maximum atomic E-state index is 11.8. The summed E-state index contributed by atoms with van der Waals surface area (Å²) in [5.74, 6) is -0.219. The van der Waals surface area contributed by atoms with E-state index in [-0.39, 0.29) is 36.8 Å². The van der Waals surface area contributed by atoms with E-state index in [4.69, 9.17) is 0 Å². The fraction of sp³-hybridized carbons (Fsp3) is 0.500. The number of halogens is 1. The van der Waals surface area contributed by atoms with Gasteiger partial charge >= 0.3 is 0 Å². The van der Waals surface area contributed by atoms with Gasteiger partial charge in [-0.25, -0.2) is 0 Å². The second-order valence-corrected chi connectivity index (χ2v) is 5.31. The van der Waals surface area contributed by atoms with Crippen molar-refractivity contribution in [2.24, 2.45) is 0 Å². The molecular formula is C16H24ClN3O2. The lowest BCUT2D eigenvalue weighted by atomic mass is 10.0. The molecule has 0 aromatic heterocycles. The molecule has 1 unspecified atom stereocenters. The SMILES string of the molecule is Cl.O=C(CNC(=O)C1CCCCN1)NCCc1ccccc1. The molecule has 1 aliphatic rings. The third-order valence-electron chi connectivity index (χ3n) is 3.63. The molecule has 1 saturated heterocycles. The summed E-state index contributed by atoms with van der Waals surface area (Å²) in [6.45, 7) is 1.51. The van der Waals surface area contributed by atoms with E-state index < -0.39 is 0 Å². The summed E-state index contributed by atoms with van der Waals surface area (Å²) in [7, 11) is 0. The molecule has 1 aromatic rings. The minimum absolute atomic E-state index is 0. The van der Waals surface area contributed by atoms with Gasteiger partial charge in [-0.05, 0) is 31.4 Å². The Morgan fingerprint density at radius 3 is 2.59 bits per heavy atom. The molecule has 2 amide bonds. The van der Waals surface area contributed by atoms with Gasteiger partial charge < -0.3 is 16.0 Å². The lowest BCUT2D eigenvalue weighted by Crippen LogP contribution is -2.49. The molecular weight excluding hydrogens is 302 g/mol. The van der Waals surface area contributed by atoms with Crippen molar-refractivity contribution < 1.29 is 9.59 Å². The lowest BCUT2D eigenvalue weighted by molar-refractivity contribution is -0.127. The highest BCUT2D eigenvalue weighted by Crippen LogP contribution is 2.06. The van der Waals surface area contributed by atoms with Crippen molar-refractivity contribution in [3.05, 3.63) is 35.9 Å². The summed E-state index contributed by atoms with van der Waals surface area (Å²) in [6, 6.07) is 9.85. The molecule has 0 aliphatic carbocycles. The van der Waals surface area contributed by atoms with E-state index in [1.54, 1.807) is 0 Å². The smallest absolute Gasteiger partial charge is 0.239 e. The summed E-state index contributed by atoms with van der Waals surface area (Å²) in [5, 5.41) is 8.67. The first-order chi connectivity index (χ1) is 10.3. The van der Waals surface area contributed by atoms with Crippen LogP contribution in [0.4, 0.5) is 0 Å². The van der Waals surface area contributed by atoms with Gasteiger partial charge in [-0.2, -0.15) is 0 Å². The van der Waals surface area contributed by atoms with Crippen LogP contribution in [0.1, 0.15) is 24.8 Å². The molecule has 122 valence electrons. The van der Waals surface area contributed by atoms with Gasteiger partial charge in [0, 0.05) is 6.54 Å². The van der Waals surface area contributed by atoms with Crippen LogP contribution < -0.4 is 16.0 Å². The number of hydrogen-bond acceptors (Lipinski definition) is 3. The van der Waals surface area contributed by atoms with Crippen LogP contribution in [0.5, 0.6) is 0 Å². The summed E-state index contributed by atoms with van der Waals surface area (Å²) in [5.41, 5.74) is 1.19. The highest BCUT2D eigenvalue weighted by molar-refractivity contribution is 5.87. The number of nitrogens with one attached hydrogen (secondary N) is 3. The van der Waals surface area contributed by atoms with Crippen molar-refractivity contribution in [2.75, 3.05) is 19.6 Å². The van der Waals surface area contributed by atoms with Crippen LogP contribution in [0.3, 0.4) is 0 Å². The predicted molar refractivity (Wildman–Crippen MR) is 89.1 cm³/mol. The topological polar surface area (TPSA) is 70.2 Å². The zero-order valence-electron chi connectivity index (χ0n) is 12.6. The number of amides is 2. The predicted octanol–water partition coefficient (Wildman–Crippen LogP) is 1.03. The number of piperidine rings is 1. The van der Waals surface area contributed by atoms with Crippen molar-refractivity contribution >= 4 is 24.2 Å². The number of rotatable bonds is 6. The molecule has 1 heterocycles. The molecule has 0 bridgehead atoms. The Hall–Kier alpha value is -1.59. The average Bonchev–Trinajstić information content (AvgIpc) is 2.54. The monoisotopic (exact) mass is 325 g/mol. The minimum Gasteiger partial charge on any atom is -0.354 e. The van der Waals surface area contributed by atoms with Gasteiger partial charge in [-0.1, -0.05) is 36.8 Å². The molecule has 1 aromatic carbocycles. The maximum Gasteiger partial charge on any atom is 0.239 e. The van der Waals surface area contributed by atoms with Crippen LogP contribution in [0.25, 0.3) is 0 Å². The molecule has 3 N–H and O–H groups in total. The Balaban J connectivity index is 0.00000242. The number of benzene rings is 1. The van der Waals surface area contributed by atoms with Gasteiger partial charge in [0.05, 0.1) is 12.6 Å². The van der Waals surface area contributed by atoms with Crippen molar-refractivity contribution in [1.29, 1.82) is 0 Å². The standard InChI is InChI=1S/C16H23N3O2.ClH/c20-15(18-11-9-13-6-2-1-3-7-13)12-19-16(21)14-8-4-5-10-17-14;/h1-3,6-7,14,17H,4-5,8-12H2,(H,18,20)(H,19,21);1H. The van der Waals surface area contributed by atoms with Crippen LogP contribution in [0.15, 0.2) is 30.3 Å². The third kappa shape index (κ3) is 6.45. The van der Waals surface area contributed by atoms with Crippen molar-refractivity contribution in [2.45, 2.75) is 31.7 Å². The molecule has 1 fully saturated rings. The Labute approximate surface area is 137 Å². The molecule has 22 heavy (non-hydrogen) atoms. The van der Waals surface area contributed by atoms with E-state index in [9.17, 15) is 9.59 Å². The van der Waals surface area contributed by atoms with Crippen molar-refractivity contribution in [3.8, 4) is 0 Å². The summed E-state index contributed by atoms with van der Waals surface area (Å²) in [6.07, 6.45) is 3.82. The summed E-state index contributed by atoms with van der Waals surface area (Å²) < 4.78 is 0. The maximum absolute atomic E-state index is 11.8. The van der Waals surface area contributed by atoms with E-state index in [0.29, 0.717) is 6.54 Å². The van der Waals surface area contributed by atoms with Crippen LogP contribution in [0, 0.1) is 0 Å². The largest absolute Gasteiger partial charge is 0.354 e. The van der Waals surface area contributed by atoms with Gasteiger partial charge in [0.15, 0.2) is 0 Å². The first kappa shape index (κ1) is 18.5. The summed E-state index contributed by atoms with van der Waals surface area (Å²) >= 11 is 0. The van der Waals surface area contributed by atoms with Crippen LogP contribution >= 0.6 is 12.4 Å². The first-order valence-corrected chi connectivity index (χ1v) is 7.57. The van der Waals surface area contributed by atoms with Crippen molar-refractivity contribution in [3.63, 3.8) is 0 Å². The van der Waals surface area contributed by atoms with Gasteiger partial charge in [0.1, 0.15) is 0 Å². The molecule has 0 saturated carbocycles. The van der Waals surface area contributed by atoms with E-state index in [2.05, 4.69) is 16.0 Å². The van der Waals surface area contributed by atoms with E-state index in [1.807, 2.05) is 30.3 Å². The molecule has 2 rings (SSSR count). The fourth-order valence-corrected chi connectivity index (χ4v) is 2.42. The molecule has 0 spiro atoms. The van der Waals surface area contributed by atoms with Crippen LogP contribution in [-0.4, -0.2) is 37.5 Å². The molecule has 1 aliphatic heterocycles. The Morgan fingerprint density at radius 2 is 1.91 bits per heavy atom. The molecule has 6 heteroatoms. The van der Waals surface area contributed by atoms with Gasteiger partial charge in [-0.3, -0.25) is 9.59 Å². The molecule has 1 atom stereocenters. The average molecular weight is 326 g/mol. The van der Waals surface area contributed by atoms with Gasteiger partial charge in [0.2, 0.25) is 11.8 Å². The lowest BCUT2D eigenvalue weighted by Gasteiger charge is -2.22. The Kier molecular flexibility index (Phi) is 8.55. The fourth-order valence-electron chi connectivity index (χ4n) is 2.42. The number of carbonyl (C=O) groups is 2.